The highest BCUT2D eigenvalue weighted by Crippen LogP contribution is 2.50. The van der Waals surface area contributed by atoms with Crippen molar-refractivity contribution in [2.45, 2.75) is 12.3 Å². The molecule has 0 aliphatic carbocycles. The van der Waals surface area contributed by atoms with E-state index >= 15 is 0 Å². The van der Waals surface area contributed by atoms with Crippen molar-refractivity contribution in [3.63, 3.8) is 0 Å². The van der Waals surface area contributed by atoms with Gasteiger partial charge >= 0.3 is 5.97 Å². The molecule has 1 aliphatic heterocycles. The molecule has 1 amide bonds. The Bertz CT molecular complexity index is 1260. The van der Waals surface area contributed by atoms with Crippen molar-refractivity contribution in [3.8, 4) is 40.7 Å². The first-order valence-electron chi connectivity index (χ1n) is 10.0. The second-order valence-electron chi connectivity index (χ2n) is 7.29. The summed E-state index contributed by atoms with van der Waals surface area (Å²) in [5, 5.41) is 12.8. The average molecular weight is 464 g/mol. The van der Waals surface area contributed by atoms with Crippen LogP contribution in [0, 0.1) is 12.3 Å². The molecule has 1 aliphatic rings. The van der Waals surface area contributed by atoms with E-state index < -0.39 is 5.97 Å². The first kappa shape index (κ1) is 22.2. The molecule has 33 heavy (non-hydrogen) atoms. The molecule has 0 unspecified atom stereocenters. The number of carbonyl (C=O) groups excluding carboxylic acids is 1. The van der Waals surface area contributed by atoms with Gasteiger partial charge in [-0.15, -0.1) is 17.8 Å². The molecule has 0 saturated carbocycles. The highest BCUT2D eigenvalue weighted by atomic mass is 32.1. The Morgan fingerprint density at radius 2 is 1.94 bits per heavy atom. The van der Waals surface area contributed by atoms with Crippen molar-refractivity contribution in [2.75, 3.05) is 26.1 Å². The van der Waals surface area contributed by atoms with Gasteiger partial charge in [-0.3, -0.25) is 4.79 Å². The maximum Gasteiger partial charge on any atom is 0.346 e. The number of anilines is 1. The number of ether oxygens (including phenoxy) is 3. The molecule has 1 atom stereocenters. The third-order valence-corrected chi connectivity index (χ3v) is 6.67. The van der Waals surface area contributed by atoms with Crippen LogP contribution in [0.2, 0.25) is 0 Å². The van der Waals surface area contributed by atoms with Crippen LogP contribution < -0.4 is 19.5 Å². The van der Waals surface area contributed by atoms with Gasteiger partial charge < -0.3 is 24.6 Å². The first-order chi connectivity index (χ1) is 16.0. The SMILES string of the molecule is C#CCOc1ccc([C@@H]2CC(=O)Nc3c2sc(C(=O)O)c3-c2ccc(OC)cc2)cc1OC. The number of carboxylic acid groups (broad SMARTS) is 1. The molecule has 0 fully saturated rings. The largest absolute Gasteiger partial charge is 0.497 e. The van der Waals surface area contributed by atoms with E-state index in [4.69, 9.17) is 20.6 Å². The molecule has 0 spiro atoms. The summed E-state index contributed by atoms with van der Waals surface area (Å²) in [5.41, 5.74) is 2.51. The quantitative estimate of drug-likeness (QED) is 0.497. The van der Waals surface area contributed by atoms with Crippen LogP contribution in [0.5, 0.6) is 17.2 Å². The first-order valence-corrected chi connectivity index (χ1v) is 10.9. The van der Waals surface area contributed by atoms with Gasteiger partial charge in [0.1, 0.15) is 17.2 Å². The molecule has 4 rings (SSSR count). The lowest BCUT2D eigenvalue weighted by molar-refractivity contribution is -0.116. The lowest BCUT2D eigenvalue weighted by Crippen LogP contribution is -2.22. The number of aromatic carboxylic acids is 1. The summed E-state index contributed by atoms with van der Waals surface area (Å²) in [6, 6.07) is 12.5. The van der Waals surface area contributed by atoms with E-state index in [2.05, 4.69) is 11.2 Å². The summed E-state index contributed by atoms with van der Waals surface area (Å²) in [6.45, 7) is 0.101. The van der Waals surface area contributed by atoms with Crippen LogP contribution in [0.1, 0.15) is 32.5 Å². The number of benzene rings is 2. The summed E-state index contributed by atoms with van der Waals surface area (Å²) in [7, 11) is 3.09. The fourth-order valence-corrected chi connectivity index (χ4v) is 5.13. The molecule has 2 heterocycles. The number of carboxylic acids is 1. The highest BCUT2D eigenvalue weighted by molar-refractivity contribution is 7.15. The Morgan fingerprint density at radius 1 is 1.18 bits per heavy atom. The predicted octanol–water partition coefficient (Wildman–Crippen LogP) is 4.62. The fourth-order valence-electron chi connectivity index (χ4n) is 3.88. The van der Waals surface area contributed by atoms with Gasteiger partial charge in [-0.25, -0.2) is 4.79 Å². The number of hydrogen-bond acceptors (Lipinski definition) is 6. The number of carbonyl (C=O) groups is 2. The van der Waals surface area contributed by atoms with Crippen molar-refractivity contribution < 1.29 is 28.9 Å². The van der Waals surface area contributed by atoms with E-state index in [1.54, 1.807) is 43.5 Å². The van der Waals surface area contributed by atoms with Crippen LogP contribution in [0.3, 0.4) is 0 Å². The highest BCUT2D eigenvalue weighted by Gasteiger charge is 2.34. The van der Waals surface area contributed by atoms with Crippen LogP contribution >= 0.6 is 11.3 Å². The van der Waals surface area contributed by atoms with Crippen LogP contribution in [-0.4, -0.2) is 37.8 Å². The molecule has 1 aromatic heterocycles. The number of rotatable bonds is 7. The molecule has 8 heteroatoms. The number of amides is 1. The van der Waals surface area contributed by atoms with Gasteiger partial charge in [0.05, 0.1) is 19.9 Å². The maximum absolute atomic E-state index is 12.7. The summed E-state index contributed by atoms with van der Waals surface area (Å²) >= 11 is 1.17. The molecule has 2 aromatic carbocycles. The van der Waals surface area contributed by atoms with Crippen LogP contribution in [0.15, 0.2) is 42.5 Å². The monoisotopic (exact) mass is 463 g/mol. The van der Waals surface area contributed by atoms with E-state index in [0.29, 0.717) is 34.1 Å². The van der Waals surface area contributed by atoms with Crippen LogP contribution in [-0.2, 0) is 4.79 Å². The van der Waals surface area contributed by atoms with E-state index in [1.165, 1.54) is 18.4 Å². The Kier molecular flexibility index (Phi) is 6.24. The van der Waals surface area contributed by atoms with Gasteiger partial charge in [0, 0.05) is 22.8 Å². The van der Waals surface area contributed by atoms with Crippen molar-refractivity contribution in [1.29, 1.82) is 0 Å². The summed E-state index contributed by atoms with van der Waals surface area (Å²) in [6.07, 6.45) is 5.46. The number of fused-ring (bicyclic) bond motifs is 1. The lowest BCUT2D eigenvalue weighted by Gasteiger charge is -2.24. The van der Waals surface area contributed by atoms with Gasteiger partial charge in [0.2, 0.25) is 5.91 Å². The van der Waals surface area contributed by atoms with E-state index in [9.17, 15) is 14.7 Å². The van der Waals surface area contributed by atoms with Gasteiger partial charge in [-0.05, 0) is 35.4 Å². The minimum absolute atomic E-state index is 0.101. The van der Waals surface area contributed by atoms with Crippen LogP contribution in [0.25, 0.3) is 11.1 Å². The standard InChI is InChI=1S/C25H21NO6S/c1-4-11-32-18-10-7-15(12-19(18)31-3)17-13-20(27)26-22-21(24(25(28)29)33-23(17)22)14-5-8-16(30-2)9-6-14/h1,5-10,12,17H,11,13H2,2-3H3,(H,26,27)(H,28,29)/t17-/m0/s1. The fraction of sp³-hybridized carbons (Fsp3) is 0.200. The Morgan fingerprint density at radius 3 is 2.58 bits per heavy atom. The Balaban J connectivity index is 1.83. The number of hydrogen-bond donors (Lipinski definition) is 2. The minimum Gasteiger partial charge on any atom is -0.497 e. The molecule has 3 aromatic rings. The van der Waals surface area contributed by atoms with Gasteiger partial charge in [-0.2, -0.15) is 0 Å². The molecule has 7 nitrogen and oxygen atoms in total. The smallest absolute Gasteiger partial charge is 0.346 e. The number of thiophene rings is 1. The molecule has 0 bridgehead atoms. The third kappa shape index (κ3) is 4.23. The van der Waals surface area contributed by atoms with Gasteiger partial charge in [0.15, 0.2) is 11.5 Å². The molecule has 0 saturated heterocycles. The van der Waals surface area contributed by atoms with E-state index in [-0.39, 0.29) is 29.7 Å². The van der Waals surface area contributed by atoms with E-state index in [0.717, 1.165) is 10.4 Å². The van der Waals surface area contributed by atoms with E-state index in [1.807, 2.05) is 6.07 Å². The van der Waals surface area contributed by atoms with Crippen molar-refractivity contribution in [3.05, 3.63) is 57.8 Å². The van der Waals surface area contributed by atoms with Crippen molar-refractivity contribution >= 4 is 28.9 Å². The number of methoxy groups -OCH3 is 2. The lowest BCUT2D eigenvalue weighted by atomic mass is 9.88. The van der Waals surface area contributed by atoms with Gasteiger partial charge in [-0.1, -0.05) is 24.1 Å². The second-order valence-corrected chi connectivity index (χ2v) is 8.34. The minimum atomic E-state index is -1.05. The van der Waals surface area contributed by atoms with Gasteiger partial charge in [0.25, 0.3) is 0 Å². The number of nitrogens with one attached hydrogen (secondary N) is 1. The van der Waals surface area contributed by atoms with Crippen molar-refractivity contribution in [2.24, 2.45) is 0 Å². The predicted molar refractivity (Wildman–Crippen MR) is 126 cm³/mol. The zero-order chi connectivity index (χ0) is 23.5. The molecular formula is C25H21NO6S. The van der Waals surface area contributed by atoms with Crippen molar-refractivity contribution in [1.82, 2.24) is 0 Å². The third-order valence-electron chi connectivity index (χ3n) is 5.38. The maximum atomic E-state index is 12.7. The number of terminal acetylenes is 1. The second kappa shape index (κ2) is 9.27. The zero-order valence-electron chi connectivity index (χ0n) is 18.0. The van der Waals surface area contributed by atoms with Crippen LogP contribution in [0.4, 0.5) is 5.69 Å². The molecule has 0 radical (unpaired) electrons. The molecule has 168 valence electrons. The Labute approximate surface area is 194 Å². The Hall–Kier alpha value is -3.96. The summed E-state index contributed by atoms with van der Waals surface area (Å²) < 4.78 is 16.2. The molecular weight excluding hydrogens is 442 g/mol. The zero-order valence-corrected chi connectivity index (χ0v) is 18.8. The average Bonchev–Trinajstić information content (AvgIpc) is 3.21. The summed E-state index contributed by atoms with van der Waals surface area (Å²) in [5.74, 6) is 2.47. The summed E-state index contributed by atoms with van der Waals surface area (Å²) in [4.78, 5) is 25.8. The topological polar surface area (TPSA) is 94.1 Å². The molecule has 2 N–H and O–H groups in total. The normalized spacial score (nSPS) is 14.6.